The minimum absolute atomic E-state index is 0.0335. The van der Waals surface area contributed by atoms with Gasteiger partial charge < -0.3 is 10.1 Å². The molecule has 0 bridgehead atoms. The molecule has 0 spiro atoms. The number of benzene rings is 1. The quantitative estimate of drug-likeness (QED) is 0.850. The van der Waals surface area contributed by atoms with Crippen LogP contribution in [0.1, 0.15) is 29.4 Å². The molecule has 3 rings (SSSR count). The van der Waals surface area contributed by atoms with Crippen molar-refractivity contribution in [1.82, 2.24) is 5.32 Å². The monoisotopic (exact) mass is 353 g/mol. The Morgan fingerprint density at radius 3 is 2.57 bits per heavy atom. The summed E-state index contributed by atoms with van der Waals surface area (Å²) in [4.78, 5) is 13.6. The largest absolute Gasteiger partial charge is 0.374 e. The summed E-state index contributed by atoms with van der Waals surface area (Å²) in [6.07, 6.45) is 1.35. The van der Waals surface area contributed by atoms with Crippen LogP contribution in [0.4, 0.5) is 4.39 Å². The van der Waals surface area contributed by atoms with E-state index < -0.39 is 5.41 Å². The number of halogens is 2. The average Bonchev–Trinajstić information content (AvgIpc) is 3.25. The Hall–Kier alpha value is -1.43. The van der Waals surface area contributed by atoms with Gasteiger partial charge in [-0.3, -0.25) is 4.79 Å². The lowest BCUT2D eigenvalue weighted by molar-refractivity contribution is -0.124. The van der Waals surface area contributed by atoms with Crippen LogP contribution in [0.5, 0.6) is 0 Å². The normalized spacial score (nSPS) is 16.8. The van der Waals surface area contributed by atoms with Gasteiger partial charge in [0.1, 0.15) is 11.9 Å². The zero-order chi connectivity index (χ0) is 16.4. The highest BCUT2D eigenvalue weighted by Crippen LogP contribution is 2.48. The molecule has 1 amide bonds. The lowest BCUT2D eigenvalue weighted by Crippen LogP contribution is -2.37. The predicted molar refractivity (Wildman–Crippen MR) is 89.4 cm³/mol. The summed E-state index contributed by atoms with van der Waals surface area (Å²) >= 11 is 7.39. The van der Waals surface area contributed by atoms with E-state index in [2.05, 4.69) is 5.32 Å². The molecule has 0 radical (unpaired) electrons. The van der Waals surface area contributed by atoms with Gasteiger partial charge in [0.25, 0.3) is 0 Å². The number of amides is 1. The highest BCUT2D eigenvalue weighted by molar-refractivity contribution is 7.16. The molecule has 1 N–H and O–H groups in total. The predicted octanol–water partition coefficient (Wildman–Crippen LogP) is 4.08. The van der Waals surface area contributed by atoms with E-state index in [1.54, 1.807) is 19.2 Å². The van der Waals surface area contributed by atoms with Gasteiger partial charge in [0.05, 0.1) is 9.75 Å². The highest BCUT2D eigenvalue weighted by Gasteiger charge is 2.51. The van der Waals surface area contributed by atoms with Crippen LogP contribution < -0.4 is 5.32 Å². The zero-order valence-corrected chi connectivity index (χ0v) is 14.2. The molecule has 6 heteroatoms. The summed E-state index contributed by atoms with van der Waals surface area (Å²) < 4.78 is 19.2. The highest BCUT2D eigenvalue weighted by atomic mass is 35.5. The van der Waals surface area contributed by atoms with E-state index >= 15 is 0 Å². The number of hydrogen-bond acceptors (Lipinski definition) is 3. The third-order valence-electron chi connectivity index (χ3n) is 4.23. The van der Waals surface area contributed by atoms with E-state index in [0.717, 1.165) is 23.3 Å². The Morgan fingerprint density at radius 2 is 2.04 bits per heavy atom. The Balaban J connectivity index is 1.66. The van der Waals surface area contributed by atoms with Gasteiger partial charge in [-0.25, -0.2) is 4.39 Å². The van der Waals surface area contributed by atoms with Crippen molar-refractivity contribution in [3.8, 4) is 0 Å². The van der Waals surface area contributed by atoms with Gasteiger partial charge in [-0.2, -0.15) is 0 Å². The first-order valence-electron chi connectivity index (χ1n) is 7.37. The summed E-state index contributed by atoms with van der Waals surface area (Å²) in [6, 6.07) is 9.89. The molecule has 23 heavy (non-hydrogen) atoms. The van der Waals surface area contributed by atoms with Crippen LogP contribution in [0.15, 0.2) is 36.4 Å². The molecule has 1 unspecified atom stereocenters. The van der Waals surface area contributed by atoms with Crippen LogP contribution in [0.25, 0.3) is 0 Å². The van der Waals surface area contributed by atoms with E-state index in [1.165, 1.54) is 23.5 Å². The fourth-order valence-electron chi connectivity index (χ4n) is 2.70. The minimum Gasteiger partial charge on any atom is -0.374 e. The number of thiophene rings is 1. The van der Waals surface area contributed by atoms with Crippen LogP contribution in [0.2, 0.25) is 4.34 Å². The van der Waals surface area contributed by atoms with Crippen molar-refractivity contribution in [2.45, 2.75) is 24.4 Å². The number of nitrogens with one attached hydrogen (secondary N) is 1. The first-order valence-corrected chi connectivity index (χ1v) is 8.57. The number of carbonyl (C=O) groups excluding carboxylic acids is 1. The number of methoxy groups -OCH3 is 1. The van der Waals surface area contributed by atoms with Crippen LogP contribution in [0, 0.1) is 5.82 Å². The van der Waals surface area contributed by atoms with Gasteiger partial charge in [-0.1, -0.05) is 23.7 Å². The van der Waals surface area contributed by atoms with Crippen LogP contribution in [-0.4, -0.2) is 19.6 Å². The third kappa shape index (κ3) is 3.42. The Labute approximate surface area is 143 Å². The molecule has 0 saturated heterocycles. The fraction of sp³-hybridized carbons (Fsp3) is 0.353. The van der Waals surface area contributed by atoms with Gasteiger partial charge >= 0.3 is 0 Å². The molecule has 122 valence electrons. The second-order valence-corrected chi connectivity index (χ2v) is 7.41. The molecule has 1 aromatic heterocycles. The van der Waals surface area contributed by atoms with Gasteiger partial charge in [0, 0.05) is 18.5 Å². The van der Waals surface area contributed by atoms with Crippen molar-refractivity contribution in [3.63, 3.8) is 0 Å². The summed E-state index contributed by atoms with van der Waals surface area (Å²) in [6.45, 7) is 0.384. The molecular weight excluding hydrogens is 337 g/mol. The summed E-state index contributed by atoms with van der Waals surface area (Å²) in [5.74, 6) is -0.326. The molecule has 1 heterocycles. The standard InChI is InChI=1S/C17H17ClFNO2S/c1-22-13(14-6-7-15(18)23-14)10-20-16(21)17(8-9-17)11-2-4-12(19)5-3-11/h2-7,13H,8-10H2,1H3,(H,20,21). The molecule has 3 nitrogen and oxygen atoms in total. The maximum Gasteiger partial charge on any atom is 0.230 e. The number of ether oxygens (including phenoxy) is 1. The first kappa shape index (κ1) is 16.4. The topological polar surface area (TPSA) is 38.3 Å². The van der Waals surface area contributed by atoms with E-state index in [0.29, 0.717) is 10.9 Å². The van der Waals surface area contributed by atoms with Crippen molar-refractivity contribution in [1.29, 1.82) is 0 Å². The maximum atomic E-state index is 13.1. The average molecular weight is 354 g/mol. The Kier molecular flexibility index (Phi) is 4.71. The van der Waals surface area contributed by atoms with Gasteiger partial charge in [0.15, 0.2) is 0 Å². The van der Waals surface area contributed by atoms with Gasteiger partial charge in [-0.05, 0) is 42.7 Å². The number of rotatable bonds is 6. The van der Waals surface area contributed by atoms with E-state index in [1.807, 2.05) is 12.1 Å². The van der Waals surface area contributed by atoms with Crippen molar-refractivity contribution in [2.75, 3.05) is 13.7 Å². The third-order valence-corrected chi connectivity index (χ3v) is 5.55. The Bertz CT molecular complexity index is 697. The fourth-order valence-corrected chi connectivity index (χ4v) is 3.84. The SMILES string of the molecule is COC(CNC(=O)C1(c2ccc(F)cc2)CC1)c1ccc(Cl)s1. The van der Waals surface area contributed by atoms with E-state index in [4.69, 9.17) is 16.3 Å². The molecule has 1 aliphatic rings. The van der Waals surface area contributed by atoms with Crippen LogP contribution in [-0.2, 0) is 14.9 Å². The van der Waals surface area contributed by atoms with E-state index in [9.17, 15) is 9.18 Å². The molecule has 2 aromatic rings. The molecule has 1 aliphatic carbocycles. The molecule has 1 atom stereocenters. The van der Waals surface area contributed by atoms with Gasteiger partial charge in [-0.15, -0.1) is 11.3 Å². The maximum absolute atomic E-state index is 13.1. The van der Waals surface area contributed by atoms with E-state index in [-0.39, 0.29) is 17.8 Å². The molecular formula is C17H17ClFNO2S. The molecule has 1 aromatic carbocycles. The Morgan fingerprint density at radius 1 is 1.35 bits per heavy atom. The summed E-state index contributed by atoms with van der Waals surface area (Å²) in [5.41, 5.74) is 0.351. The number of carbonyl (C=O) groups is 1. The van der Waals surface area contributed by atoms with Crippen LogP contribution in [0.3, 0.4) is 0 Å². The van der Waals surface area contributed by atoms with Crippen molar-refractivity contribution in [3.05, 3.63) is 57.0 Å². The lowest BCUT2D eigenvalue weighted by Gasteiger charge is -2.19. The summed E-state index contributed by atoms with van der Waals surface area (Å²) in [7, 11) is 1.61. The minimum atomic E-state index is -0.515. The smallest absolute Gasteiger partial charge is 0.230 e. The number of hydrogen-bond donors (Lipinski definition) is 1. The lowest BCUT2D eigenvalue weighted by atomic mass is 9.95. The second-order valence-electron chi connectivity index (χ2n) is 5.67. The molecule has 1 saturated carbocycles. The van der Waals surface area contributed by atoms with Crippen molar-refractivity contribution < 1.29 is 13.9 Å². The first-order chi connectivity index (χ1) is 11.0. The molecule has 1 fully saturated rings. The second kappa shape index (κ2) is 6.59. The van der Waals surface area contributed by atoms with Crippen molar-refractivity contribution >= 4 is 28.8 Å². The van der Waals surface area contributed by atoms with Crippen molar-refractivity contribution in [2.24, 2.45) is 0 Å². The van der Waals surface area contributed by atoms with Gasteiger partial charge in [0.2, 0.25) is 5.91 Å². The van der Waals surface area contributed by atoms with Crippen LogP contribution >= 0.6 is 22.9 Å². The zero-order valence-electron chi connectivity index (χ0n) is 12.6. The summed E-state index contributed by atoms with van der Waals surface area (Å²) in [5, 5.41) is 2.96. The molecule has 0 aliphatic heterocycles.